The van der Waals surface area contributed by atoms with Gasteiger partial charge < -0.3 is 10.6 Å². The molecule has 0 spiro atoms. The van der Waals surface area contributed by atoms with Crippen LogP contribution >= 0.6 is 23.1 Å². The number of rotatable bonds is 7. The first kappa shape index (κ1) is 19.7. The Morgan fingerprint density at radius 1 is 1.25 bits per heavy atom. The van der Waals surface area contributed by atoms with Gasteiger partial charge in [-0.3, -0.25) is 10.1 Å². The van der Waals surface area contributed by atoms with Gasteiger partial charge in [-0.05, 0) is 63.2 Å². The molecule has 4 bridgehead atoms. The number of imide groups is 1. The molecule has 0 aliphatic heterocycles. The standard InChI is InChI=1S/C19H27N5O2S2/c1-3-4-20-17-23-24-18(28-17)27-11(2)15(25)21-16(26)22-19-8-12-5-13(9-19)7-14(6-12)10-19/h3,11-14H,1,4-10H2,2H3,(H,20,23)(H2,21,22,25,26)/t11-,12?,13?,14?,19?/m1/s1. The molecule has 152 valence electrons. The Kier molecular flexibility index (Phi) is 5.64. The lowest BCUT2D eigenvalue weighted by Crippen LogP contribution is -2.62. The maximum Gasteiger partial charge on any atom is 0.321 e. The van der Waals surface area contributed by atoms with E-state index in [0.717, 1.165) is 37.0 Å². The number of anilines is 1. The van der Waals surface area contributed by atoms with Gasteiger partial charge >= 0.3 is 6.03 Å². The van der Waals surface area contributed by atoms with E-state index in [2.05, 4.69) is 32.7 Å². The van der Waals surface area contributed by atoms with E-state index in [1.165, 1.54) is 42.4 Å². The van der Waals surface area contributed by atoms with Gasteiger partial charge in [0.15, 0.2) is 4.34 Å². The van der Waals surface area contributed by atoms with Gasteiger partial charge in [-0.2, -0.15) is 0 Å². The molecule has 7 nitrogen and oxygen atoms in total. The molecule has 4 aliphatic carbocycles. The average molecular weight is 422 g/mol. The molecule has 28 heavy (non-hydrogen) atoms. The highest BCUT2D eigenvalue weighted by atomic mass is 32.2. The molecule has 1 aromatic rings. The topological polar surface area (TPSA) is 96.0 Å². The van der Waals surface area contributed by atoms with E-state index in [1.807, 2.05) is 0 Å². The van der Waals surface area contributed by atoms with Gasteiger partial charge in [0.05, 0.1) is 5.25 Å². The highest BCUT2D eigenvalue weighted by molar-refractivity contribution is 8.02. The number of thioether (sulfide) groups is 1. The van der Waals surface area contributed by atoms with E-state index in [9.17, 15) is 9.59 Å². The van der Waals surface area contributed by atoms with Crippen LogP contribution in [0.2, 0.25) is 0 Å². The Labute approximate surface area is 173 Å². The third-order valence-corrected chi connectivity index (χ3v) is 8.17. The van der Waals surface area contributed by atoms with Crippen LogP contribution in [0.4, 0.5) is 9.93 Å². The number of aromatic nitrogens is 2. The lowest BCUT2D eigenvalue weighted by molar-refractivity contribution is -0.119. The summed E-state index contributed by atoms with van der Waals surface area (Å²) in [5, 5.41) is 17.1. The van der Waals surface area contributed by atoms with Crippen LogP contribution < -0.4 is 16.0 Å². The summed E-state index contributed by atoms with van der Waals surface area (Å²) in [4.78, 5) is 25.0. The molecule has 0 unspecified atom stereocenters. The Hall–Kier alpha value is -1.61. The number of nitrogens with zero attached hydrogens (tertiary/aromatic N) is 2. The predicted molar refractivity (Wildman–Crippen MR) is 111 cm³/mol. The monoisotopic (exact) mass is 421 g/mol. The fraction of sp³-hybridized carbons (Fsp3) is 0.684. The van der Waals surface area contributed by atoms with Gasteiger partial charge in [0.1, 0.15) is 0 Å². The summed E-state index contributed by atoms with van der Waals surface area (Å²) in [7, 11) is 0. The van der Waals surface area contributed by atoms with Crippen LogP contribution in [0.1, 0.15) is 45.4 Å². The lowest BCUT2D eigenvalue weighted by atomic mass is 9.53. The van der Waals surface area contributed by atoms with Crippen LogP contribution in [-0.4, -0.2) is 39.5 Å². The third kappa shape index (κ3) is 4.35. The van der Waals surface area contributed by atoms with Crippen molar-refractivity contribution >= 4 is 40.2 Å². The molecular weight excluding hydrogens is 394 g/mol. The molecule has 1 aromatic heterocycles. The van der Waals surface area contributed by atoms with Gasteiger partial charge in [-0.15, -0.1) is 16.8 Å². The van der Waals surface area contributed by atoms with Crippen LogP contribution in [0.15, 0.2) is 17.0 Å². The van der Waals surface area contributed by atoms with Crippen molar-refractivity contribution in [1.82, 2.24) is 20.8 Å². The number of urea groups is 1. The van der Waals surface area contributed by atoms with E-state index in [-0.39, 0.29) is 17.5 Å². The molecular formula is C19H27N5O2S2. The first-order chi connectivity index (χ1) is 13.4. The van der Waals surface area contributed by atoms with Crippen molar-refractivity contribution < 1.29 is 9.59 Å². The van der Waals surface area contributed by atoms with Crippen molar-refractivity contribution in [3.8, 4) is 0 Å². The fourth-order valence-corrected chi connectivity index (χ4v) is 7.35. The van der Waals surface area contributed by atoms with Gasteiger partial charge in [0.2, 0.25) is 11.0 Å². The van der Waals surface area contributed by atoms with Crippen molar-refractivity contribution in [1.29, 1.82) is 0 Å². The van der Waals surface area contributed by atoms with Crippen molar-refractivity contribution in [2.75, 3.05) is 11.9 Å². The zero-order valence-electron chi connectivity index (χ0n) is 16.1. The van der Waals surface area contributed by atoms with E-state index in [1.54, 1.807) is 13.0 Å². The number of carbonyl (C=O) groups excluding carboxylic acids is 2. The number of hydrogen-bond donors (Lipinski definition) is 3. The molecule has 1 heterocycles. The maximum absolute atomic E-state index is 12.5. The molecule has 0 radical (unpaired) electrons. The second-order valence-electron chi connectivity index (χ2n) is 8.44. The largest absolute Gasteiger partial charge is 0.357 e. The normalized spacial score (nSPS) is 31.2. The third-order valence-electron chi connectivity index (χ3n) is 6.10. The molecule has 4 saturated carbocycles. The van der Waals surface area contributed by atoms with E-state index >= 15 is 0 Å². The zero-order chi connectivity index (χ0) is 19.7. The van der Waals surface area contributed by atoms with Crippen LogP contribution in [0, 0.1) is 17.8 Å². The van der Waals surface area contributed by atoms with Crippen molar-refractivity contribution in [2.45, 2.75) is 60.6 Å². The van der Waals surface area contributed by atoms with Gasteiger partial charge in [0, 0.05) is 12.1 Å². The smallest absolute Gasteiger partial charge is 0.321 e. The van der Waals surface area contributed by atoms with E-state index in [4.69, 9.17) is 0 Å². The summed E-state index contributed by atoms with van der Waals surface area (Å²) in [6.45, 7) is 6.03. The minimum atomic E-state index is -0.428. The molecule has 3 amide bonds. The van der Waals surface area contributed by atoms with Crippen LogP contribution in [-0.2, 0) is 4.79 Å². The van der Waals surface area contributed by atoms with Crippen molar-refractivity contribution in [3.63, 3.8) is 0 Å². The highest BCUT2D eigenvalue weighted by Gasteiger charge is 2.51. The van der Waals surface area contributed by atoms with Crippen LogP contribution in [0.3, 0.4) is 0 Å². The highest BCUT2D eigenvalue weighted by Crippen LogP contribution is 2.55. The first-order valence-corrected chi connectivity index (χ1v) is 11.6. The Morgan fingerprint density at radius 3 is 2.50 bits per heavy atom. The van der Waals surface area contributed by atoms with Crippen LogP contribution in [0.25, 0.3) is 0 Å². The molecule has 0 saturated heterocycles. The summed E-state index contributed by atoms with van der Waals surface area (Å²) >= 11 is 2.69. The molecule has 4 aliphatic rings. The maximum atomic E-state index is 12.5. The number of carbonyl (C=O) groups is 2. The molecule has 1 atom stereocenters. The average Bonchev–Trinajstić information content (AvgIpc) is 3.05. The minimum Gasteiger partial charge on any atom is -0.357 e. The second-order valence-corrected chi connectivity index (χ2v) is 11.0. The summed E-state index contributed by atoms with van der Waals surface area (Å²) in [5.41, 5.74) is -0.0968. The first-order valence-electron chi connectivity index (χ1n) is 9.92. The zero-order valence-corrected chi connectivity index (χ0v) is 17.7. The molecule has 0 aromatic carbocycles. The number of nitrogens with one attached hydrogen (secondary N) is 3. The Bertz CT molecular complexity index is 730. The van der Waals surface area contributed by atoms with Crippen molar-refractivity contribution in [3.05, 3.63) is 12.7 Å². The quantitative estimate of drug-likeness (QED) is 0.461. The van der Waals surface area contributed by atoms with E-state index in [0.29, 0.717) is 16.0 Å². The summed E-state index contributed by atoms with van der Waals surface area (Å²) in [6.07, 6.45) is 8.90. The van der Waals surface area contributed by atoms with Crippen molar-refractivity contribution in [2.24, 2.45) is 17.8 Å². The fourth-order valence-electron chi connectivity index (χ4n) is 5.44. The number of amides is 3. The molecule has 3 N–H and O–H groups in total. The van der Waals surface area contributed by atoms with E-state index < -0.39 is 5.25 Å². The molecule has 5 rings (SSSR count). The summed E-state index contributed by atoms with van der Waals surface area (Å²) < 4.78 is 0.690. The number of hydrogen-bond acceptors (Lipinski definition) is 7. The molecule has 9 heteroatoms. The SMILES string of the molecule is C=CCNc1nnc(S[C@H](C)C(=O)NC(=O)NC23CC4CC(CC(C4)C2)C3)s1. The van der Waals surface area contributed by atoms with Gasteiger partial charge in [0.25, 0.3) is 0 Å². The summed E-state index contributed by atoms with van der Waals surface area (Å²) in [5.74, 6) is 1.94. The summed E-state index contributed by atoms with van der Waals surface area (Å²) in [6, 6.07) is -0.356. The Balaban J connectivity index is 1.28. The second kappa shape index (κ2) is 8.02. The van der Waals surface area contributed by atoms with Gasteiger partial charge in [-0.1, -0.05) is 29.2 Å². The lowest BCUT2D eigenvalue weighted by Gasteiger charge is -2.56. The minimum absolute atomic E-state index is 0.0968. The predicted octanol–water partition coefficient (Wildman–Crippen LogP) is 3.41. The van der Waals surface area contributed by atoms with Crippen LogP contribution in [0.5, 0.6) is 0 Å². The van der Waals surface area contributed by atoms with Gasteiger partial charge in [-0.25, -0.2) is 4.79 Å². The Morgan fingerprint density at radius 2 is 1.89 bits per heavy atom. The molecule has 4 fully saturated rings.